The highest BCUT2D eigenvalue weighted by Crippen LogP contribution is 3.08. The predicted molar refractivity (Wildman–Crippen MR) is 44.4 cm³/mol. The summed E-state index contributed by atoms with van der Waals surface area (Å²) in [6, 6.07) is 0. The Balaban J connectivity index is 1.93. The van der Waals surface area contributed by atoms with Crippen LogP contribution in [-0.2, 0) is 0 Å². The molecule has 0 nitrogen and oxygen atoms in total. The minimum atomic E-state index is 0.973. The summed E-state index contributed by atoms with van der Waals surface area (Å²) in [5, 5.41) is 0. The monoisotopic (exact) mass is 158 g/mol. The van der Waals surface area contributed by atoms with Gasteiger partial charge in [-0.25, -0.2) is 0 Å². The first-order valence-corrected chi connectivity index (χ1v) is 5.76. The molecule has 0 heteroatoms. The van der Waals surface area contributed by atoms with Gasteiger partial charge in [0.2, 0.25) is 0 Å². The van der Waals surface area contributed by atoms with Crippen molar-refractivity contribution in [3.05, 3.63) is 0 Å². The normalized spacial score (nSPS) is 94.0. The molecule has 7 saturated carbocycles. The van der Waals surface area contributed by atoms with E-state index >= 15 is 0 Å². The lowest BCUT2D eigenvalue weighted by Gasteiger charge is -2.79. The van der Waals surface area contributed by atoms with Crippen LogP contribution in [-0.4, -0.2) is 0 Å². The first kappa shape index (κ1) is 5.02. The molecular weight excluding hydrogens is 144 g/mol. The van der Waals surface area contributed by atoms with Crippen LogP contribution in [0.1, 0.15) is 38.5 Å². The SMILES string of the molecule is C1C2C3CC45CC26CC1(C4)C35C6. The summed E-state index contributed by atoms with van der Waals surface area (Å²) in [6.07, 6.45) is 10.2. The van der Waals surface area contributed by atoms with Crippen molar-refractivity contribution < 1.29 is 0 Å². The Kier molecular flexibility index (Phi) is 0.355. The molecule has 0 aromatic heterocycles. The third-order valence-corrected chi connectivity index (χ3v) is 7.71. The zero-order valence-corrected chi connectivity index (χ0v) is 7.40. The number of hydrogen-bond acceptors (Lipinski definition) is 0. The molecule has 62 valence electrons. The maximum absolute atomic E-state index is 1.72. The van der Waals surface area contributed by atoms with Crippen molar-refractivity contribution in [3.8, 4) is 0 Å². The number of hydrogen-bond donors (Lipinski definition) is 0. The lowest BCUT2D eigenvalue weighted by atomic mass is 9.25. The highest BCUT2D eigenvalue weighted by Gasteiger charge is 3.01. The summed E-state index contributed by atoms with van der Waals surface area (Å²) in [4.78, 5) is 0. The van der Waals surface area contributed by atoms with Crippen molar-refractivity contribution in [1.29, 1.82) is 0 Å². The van der Waals surface area contributed by atoms with E-state index in [-0.39, 0.29) is 0 Å². The van der Waals surface area contributed by atoms with Gasteiger partial charge in [-0.05, 0) is 72.0 Å². The van der Waals surface area contributed by atoms with E-state index in [9.17, 15) is 0 Å². The van der Waals surface area contributed by atoms with E-state index in [1.807, 2.05) is 0 Å². The van der Waals surface area contributed by atoms with E-state index in [4.69, 9.17) is 0 Å². The fourth-order valence-electron chi connectivity index (χ4n) is 8.45. The molecule has 0 aliphatic heterocycles. The van der Waals surface area contributed by atoms with Crippen LogP contribution in [0.3, 0.4) is 0 Å². The Bertz CT molecular complexity index is 364. The van der Waals surface area contributed by atoms with Crippen LogP contribution in [0.15, 0.2) is 0 Å². The van der Waals surface area contributed by atoms with Gasteiger partial charge >= 0.3 is 0 Å². The first-order valence-electron chi connectivity index (χ1n) is 5.76. The minimum Gasteiger partial charge on any atom is -0.0433 e. The Morgan fingerprint density at radius 1 is 0.750 bits per heavy atom. The third kappa shape index (κ3) is 0.175. The van der Waals surface area contributed by atoms with Crippen LogP contribution in [0.25, 0.3) is 0 Å². The Hall–Kier alpha value is 0. The molecule has 0 N–H and O–H groups in total. The minimum absolute atomic E-state index is 0.973. The molecule has 0 aromatic rings. The second-order valence-electron chi connectivity index (χ2n) is 7.22. The predicted octanol–water partition coefficient (Wildman–Crippen LogP) is 2.59. The Labute approximate surface area is 72.7 Å². The molecule has 3 spiro atoms. The summed E-state index contributed by atoms with van der Waals surface area (Å²) in [5.41, 5.74) is 3.97. The van der Waals surface area contributed by atoms with Crippen molar-refractivity contribution in [2.45, 2.75) is 38.5 Å². The van der Waals surface area contributed by atoms with E-state index in [2.05, 4.69) is 0 Å². The zero-order valence-electron chi connectivity index (χ0n) is 7.40. The van der Waals surface area contributed by atoms with Gasteiger partial charge < -0.3 is 0 Å². The largest absolute Gasteiger partial charge is 0.0433 e. The first-order chi connectivity index (χ1) is 5.76. The second-order valence-corrected chi connectivity index (χ2v) is 7.22. The van der Waals surface area contributed by atoms with Crippen molar-refractivity contribution in [2.24, 2.45) is 33.5 Å². The maximum Gasteiger partial charge on any atom is -0.0147 e. The molecule has 4 bridgehead atoms. The average molecular weight is 158 g/mol. The van der Waals surface area contributed by atoms with Gasteiger partial charge in [0.25, 0.3) is 0 Å². The van der Waals surface area contributed by atoms with Crippen LogP contribution in [0.5, 0.6) is 0 Å². The van der Waals surface area contributed by atoms with Crippen molar-refractivity contribution in [1.82, 2.24) is 0 Å². The molecule has 0 saturated heterocycles. The highest BCUT2D eigenvalue weighted by atomic mass is 15.0. The molecule has 7 aliphatic rings. The van der Waals surface area contributed by atoms with Crippen LogP contribution in [0.2, 0.25) is 0 Å². The van der Waals surface area contributed by atoms with Gasteiger partial charge in [0.05, 0.1) is 0 Å². The van der Waals surface area contributed by atoms with E-state index in [1.54, 1.807) is 38.5 Å². The van der Waals surface area contributed by atoms with Gasteiger partial charge in [-0.2, -0.15) is 0 Å². The molecule has 7 rings (SSSR count). The van der Waals surface area contributed by atoms with Crippen LogP contribution < -0.4 is 0 Å². The summed E-state index contributed by atoms with van der Waals surface area (Å²) < 4.78 is 0. The van der Waals surface area contributed by atoms with Crippen LogP contribution >= 0.6 is 0 Å². The Morgan fingerprint density at radius 3 is 2.08 bits per heavy atom. The third-order valence-electron chi connectivity index (χ3n) is 7.71. The van der Waals surface area contributed by atoms with Crippen molar-refractivity contribution in [2.75, 3.05) is 0 Å². The van der Waals surface area contributed by atoms with Gasteiger partial charge in [-0.15, -0.1) is 0 Å². The fourth-order valence-corrected chi connectivity index (χ4v) is 8.45. The average Bonchev–Trinajstić information content (AvgIpc) is 2.51. The van der Waals surface area contributed by atoms with Gasteiger partial charge in [0.1, 0.15) is 0 Å². The maximum atomic E-state index is 1.72. The Morgan fingerprint density at radius 2 is 1.50 bits per heavy atom. The van der Waals surface area contributed by atoms with E-state index in [1.165, 1.54) is 11.8 Å². The van der Waals surface area contributed by atoms with Gasteiger partial charge in [-0.3, -0.25) is 0 Å². The quantitative estimate of drug-likeness (QED) is 0.508. The molecule has 0 radical (unpaired) electrons. The summed E-state index contributed by atoms with van der Waals surface area (Å²) in [7, 11) is 0. The zero-order chi connectivity index (χ0) is 7.40. The van der Waals surface area contributed by atoms with Gasteiger partial charge in [0.15, 0.2) is 0 Å². The van der Waals surface area contributed by atoms with Crippen LogP contribution in [0.4, 0.5) is 0 Å². The fraction of sp³-hybridized carbons (Fsp3) is 1.00. The molecule has 0 heterocycles. The van der Waals surface area contributed by atoms with Crippen molar-refractivity contribution >= 4 is 0 Å². The molecule has 0 aromatic carbocycles. The number of rotatable bonds is 0. The molecule has 0 amide bonds. The standard InChI is InChI=1S/C12H14/c1-7-8-2-11-4-9(7)3-10(1,6-11)12(8,11)5-9/h7-8H,1-6H2. The second kappa shape index (κ2) is 0.849. The summed E-state index contributed by atoms with van der Waals surface area (Å²) in [6.45, 7) is 0. The summed E-state index contributed by atoms with van der Waals surface area (Å²) >= 11 is 0. The molecule has 6 atom stereocenters. The molecule has 6 unspecified atom stereocenters. The molecule has 7 fully saturated rings. The molecule has 12 heavy (non-hydrogen) atoms. The lowest BCUT2D eigenvalue weighted by Crippen LogP contribution is -2.72. The topological polar surface area (TPSA) is 0 Å². The molecular formula is C12H14. The van der Waals surface area contributed by atoms with Crippen LogP contribution in [0, 0.1) is 33.5 Å². The van der Waals surface area contributed by atoms with E-state index in [0.717, 1.165) is 21.7 Å². The lowest BCUT2D eigenvalue weighted by molar-refractivity contribution is -0.308. The van der Waals surface area contributed by atoms with Gasteiger partial charge in [0, 0.05) is 0 Å². The highest BCUT2D eigenvalue weighted by molar-refractivity contribution is 5.49. The van der Waals surface area contributed by atoms with Crippen molar-refractivity contribution in [3.63, 3.8) is 0 Å². The summed E-state index contributed by atoms with van der Waals surface area (Å²) in [5.74, 6) is 2.52. The smallest absolute Gasteiger partial charge is 0.0147 e. The van der Waals surface area contributed by atoms with Gasteiger partial charge in [-0.1, -0.05) is 0 Å². The van der Waals surface area contributed by atoms with E-state index < -0.39 is 0 Å². The molecule has 7 aliphatic carbocycles. The van der Waals surface area contributed by atoms with E-state index in [0.29, 0.717) is 0 Å².